The third-order valence-corrected chi connectivity index (χ3v) is 12.5. The highest BCUT2D eigenvalue weighted by Crippen LogP contribution is 2.35. The van der Waals surface area contributed by atoms with Crippen LogP contribution in [0.15, 0.2) is 53.1 Å². The number of carbonyl (C=O) groups is 4. The van der Waals surface area contributed by atoms with Crippen molar-refractivity contribution in [1.82, 2.24) is 35.4 Å². The molecule has 4 heterocycles. The second-order valence-electron chi connectivity index (χ2n) is 14.6. The molecule has 3 N–H and O–H groups in total. The van der Waals surface area contributed by atoms with Crippen LogP contribution >= 0.6 is 0 Å². The molecule has 7 rings (SSSR count). The quantitative estimate of drug-likeness (QED) is 0.283. The van der Waals surface area contributed by atoms with E-state index in [1.807, 2.05) is 19.1 Å². The molecule has 4 aliphatic rings. The van der Waals surface area contributed by atoms with Crippen molar-refractivity contribution in [2.75, 3.05) is 6.54 Å². The first-order valence-corrected chi connectivity index (χ1v) is 20.3. The van der Waals surface area contributed by atoms with Crippen molar-refractivity contribution in [2.45, 2.75) is 107 Å². The minimum absolute atomic E-state index is 0.0123. The first kappa shape index (κ1) is 38.1. The molecule has 55 heavy (non-hydrogen) atoms. The molecule has 15 nitrogen and oxygen atoms in total. The number of allylic oxidation sites excluding steroid dienone is 1. The first-order valence-electron chi connectivity index (χ1n) is 18.8. The molecule has 2 aromatic heterocycles. The number of ether oxygens (including phenoxy) is 1. The van der Waals surface area contributed by atoms with Gasteiger partial charge in [-0.3, -0.25) is 23.9 Å². The van der Waals surface area contributed by atoms with E-state index < -0.39 is 74.4 Å². The van der Waals surface area contributed by atoms with Gasteiger partial charge in [-0.1, -0.05) is 49.2 Å². The maximum Gasteiger partial charge on any atom is 0.274 e. The summed E-state index contributed by atoms with van der Waals surface area (Å²) in [6.07, 6.45) is 10.7. The number of sulfonamides is 1. The van der Waals surface area contributed by atoms with Gasteiger partial charge in [-0.15, -0.1) is 0 Å². The van der Waals surface area contributed by atoms with Crippen LogP contribution < -0.4 is 20.1 Å². The van der Waals surface area contributed by atoms with Crippen molar-refractivity contribution < 1.29 is 41.2 Å². The summed E-state index contributed by atoms with van der Waals surface area (Å²) in [4.78, 5) is 66.9. The van der Waals surface area contributed by atoms with E-state index in [-0.39, 0.29) is 42.9 Å². The van der Waals surface area contributed by atoms with Crippen molar-refractivity contribution in [3.05, 3.63) is 71.5 Å². The van der Waals surface area contributed by atoms with Gasteiger partial charge in [-0.05, 0) is 57.6 Å². The largest absolute Gasteiger partial charge is 0.471 e. The monoisotopic (exact) mass is 777 g/mol. The minimum atomic E-state index is -3.97. The molecule has 17 heteroatoms. The second-order valence-corrected chi connectivity index (χ2v) is 16.6. The lowest BCUT2D eigenvalue weighted by atomic mass is 9.84. The number of aryl methyl sites for hydroxylation is 2. The minimum Gasteiger partial charge on any atom is -0.471 e. The molecule has 0 bridgehead atoms. The van der Waals surface area contributed by atoms with Gasteiger partial charge in [0.1, 0.15) is 41.0 Å². The van der Waals surface area contributed by atoms with Gasteiger partial charge in [0.05, 0.1) is 22.8 Å². The molecule has 2 fully saturated rings. The second kappa shape index (κ2) is 15.5. The van der Waals surface area contributed by atoms with Crippen LogP contribution in [0, 0.1) is 18.7 Å². The molecule has 2 aliphatic heterocycles. The van der Waals surface area contributed by atoms with E-state index in [2.05, 4.69) is 30.5 Å². The predicted octanol–water partition coefficient (Wildman–Crippen LogP) is 3.33. The zero-order valence-electron chi connectivity index (χ0n) is 30.6. The molecule has 1 saturated heterocycles. The van der Waals surface area contributed by atoms with Crippen LogP contribution in [0.4, 0.5) is 4.39 Å². The van der Waals surface area contributed by atoms with Gasteiger partial charge in [0, 0.05) is 30.9 Å². The molecule has 1 aromatic carbocycles. The number of rotatable bonds is 8. The van der Waals surface area contributed by atoms with Crippen LogP contribution in [0.1, 0.15) is 86.7 Å². The van der Waals surface area contributed by atoms with E-state index in [1.165, 1.54) is 29.2 Å². The molecule has 0 radical (unpaired) electrons. The van der Waals surface area contributed by atoms with Crippen molar-refractivity contribution >= 4 is 44.7 Å². The van der Waals surface area contributed by atoms with E-state index in [0.29, 0.717) is 55.5 Å². The molecular weight excluding hydrogens is 734 g/mol. The van der Waals surface area contributed by atoms with Crippen LogP contribution in [0.5, 0.6) is 5.88 Å². The van der Waals surface area contributed by atoms with Crippen LogP contribution in [-0.2, 0) is 30.8 Å². The van der Waals surface area contributed by atoms with E-state index in [4.69, 9.17) is 9.26 Å². The Bertz CT molecular complexity index is 2170. The van der Waals surface area contributed by atoms with Crippen molar-refractivity contribution in [2.24, 2.45) is 5.92 Å². The summed E-state index contributed by atoms with van der Waals surface area (Å²) in [7, 11) is -3.97. The fourth-order valence-corrected chi connectivity index (χ4v) is 8.76. The lowest BCUT2D eigenvalue weighted by molar-refractivity contribution is -0.142. The fourth-order valence-electron chi connectivity index (χ4n) is 7.40. The van der Waals surface area contributed by atoms with Crippen LogP contribution in [0.2, 0.25) is 0 Å². The van der Waals surface area contributed by atoms with Gasteiger partial charge < -0.3 is 24.8 Å². The van der Waals surface area contributed by atoms with Crippen molar-refractivity contribution in [3.63, 3.8) is 0 Å². The molecule has 0 spiro atoms. The maximum absolute atomic E-state index is 14.6. The number of amides is 4. The zero-order chi connectivity index (χ0) is 38.9. The fraction of sp³-hybridized carbons (Fsp3) is 0.500. The molecule has 3 aromatic rings. The van der Waals surface area contributed by atoms with Crippen molar-refractivity contribution in [1.29, 1.82) is 0 Å². The van der Waals surface area contributed by atoms with E-state index in [9.17, 15) is 32.0 Å². The van der Waals surface area contributed by atoms with E-state index in [1.54, 1.807) is 19.1 Å². The molecular formula is C38H44FN7O8S. The smallest absolute Gasteiger partial charge is 0.274 e. The van der Waals surface area contributed by atoms with E-state index >= 15 is 0 Å². The molecule has 2 aliphatic carbocycles. The van der Waals surface area contributed by atoms with Crippen LogP contribution in [0.3, 0.4) is 0 Å². The third-order valence-electron chi connectivity index (χ3n) is 10.6. The molecule has 1 saturated carbocycles. The Morgan fingerprint density at radius 3 is 2.64 bits per heavy atom. The Balaban J connectivity index is 1.22. The molecule has 1 unspecified atom stereocenters. The van der Waals surface area contributed by atoms with Crippen LogP contribution in [0.25, 0.3) is 11.0 Å². The summed E-state index contributed by atoms with van der Waals surface area (Å²) >= 11 is 0. The third kappa shape index (κ3) is 8.11. The highest BCUT2D eigenvalue weighted by atomic mass is 32.2. The predicted molar refractivity (Wildman–Crippen MR) is 196 cm³/mol. The summed E-state index contributed by atoms with van der Waals surface area (Å²) in [6, 6.07) is 3.25. The number of fused-ring (bicyclic) bond motifs is 3. The Kier molecular flexibility index (Phi) is 10.7. The number of hydrogen-bond acceptors (Lipinski definition) is 11. The van der Waals surface area contributed by atoms with Gasteiger partial charge in [0.15, 0.2) is 5.69 Å². The summed E-state index contributed by atoms with van der Waals surface area (Å²) < 4.78 is 53.8. The highest BCUT2D eigenvalue weighted by molar-refractivity contribution is 7.91. The van der Waals surface area contributed by atoms with Gasteiger partial charge >= 0.3 is 0 Å². The molecule has 4 amide bonds. The first-order chi connectivity index (χ1) is 26.4. The lowest BCUT2D eigenvalue weighted by Crippen LogP contribution is -2.64. The SMILES string of the molecule is CCc1cc(C(=O)N[C@H]2CCCCC/C=C\C3C=CC[C@@]3(C(=O)NS(=O)(=O)C3CC3)NC(=O)[C@@H]3C[C@@H](Oc4nc5cc(F)ccc5nc4C)CN3C2=O)no1. The molecule has 5 atom stereocenters. The number of nitrogens with one attached hydrogen (secondary N) is 3. The normalized spacial score (nSPS) is 26.7. The summed E-state index contributed by atoms with van der Waals surface area (Å²) in [5, 5.41) is 8.88. The van der Waals surface area contributed by atoms with E-state index in [0.717, 1.165) is 6.42 Å². The van der Waals surface area contributed by atoms with Gasteiger partial charge in [0.2, 0.25) is 27.7 Å². The maximum atomic E-state index is 14.6. The summed E-state index contributed by atoms with van der Waals surface area (Å²) in [5.74, 6) is -3.32. The average molecular weight is 778 g/mol. The number of nitrogens with zero attached hydrogens (tertiary/aromatic N) is 4. The number of aromatic nitrogens is 3. The number of benzene rings is 1. The van der Waals surface area contributed by atoms with Gasteiger partial charge in [-0.2, -0.15) is 0 Å². The standard InChI is InChI=1S/C38H44FN7O8S/c1-3-25-19-31(44-54-25)33(47)41-29-12-8-6-4-5-7-10-23-11-9-17-38(23,37(50)45-55(51,52)27-14-15-27)43-34(48)32-20-26(21-46(32)36(29)49)53-35-22(2)40-28-16-13-24(39)18-30(28)42-35/h7,9-11,13,16,18-19,23,26-27,29,32H,3-6,8,12,14-15,17,20-21H2,1-2H3,(H,41,47)(H,43,48)(H,45,50)/b10-7-/t23?,26-,29+,32+,38-/m1/s1. The lowest BCUT2D eigenvalue weighted by Gasteiger charge is -2.36. The Morgan fingerprint density at radius 1 is 1.07 bits per heavy atom. The number of halogens is 1. The molecule has 292 valence electrons. The Labute approximate surface area is 317 Å². The Hall–Kier alpha value is -5.19. The average Bonchev–Trinajstić information content (AvgIpc) is 3.57. The number of hydrogen-bond donors (Lipinski definition) is 3. The zero-order valence-corrected chi connectivity index (χ0v) is 31.4. The van der Waals surface area contributed by atoms with Crippen LogP contribution in [-0.4, -0.2) is 87.6 Å². The summed E-state index contributed by atoms with van der Waals surface area (Å²) in [6.45, 7) is 3.42. The Morgan fingerprint density at radius 2 is 1.87 bits per heavy atom. The summed E-state index contributed by atoms with van der Waals surface area (Å²) in [5.41, 5.74) is -0.574. The highest BCUT2D eigenvalue weighted by Gasteiger charge is 2.52. The van der Waals surface area contributed by atoms with Gasteiger partial charge in [-0.25, -0.2) is 22.8 Å². The number of carbonyl (C=O) groups excluding carboxylic acids is 4. The van der Waals surface area contributed by atoms with Gasteiger partial charge in [0.25, 0.3) is 11.8 Å². The van der Waals surface area contributed by atoms with Crippen molar-refractivity contribution in [3.8, 4) is 5.88 Å². The topological polar surface area (TPSA) is 203 Å².